The van der Waals surface area contributed by atoms with Gasteiger partial charge in [0, 0.05) is 23.8 Å². The van der Waals surface area contributed by atoms with Gasteiger partial charge in [-0.25, -0.2) is 4.98 Å². The first-order chi connectivity index (χ1) is 14.2. The highest BCUT2D eigenvalue weighted by atomic mass is 32.2. The molecule has 0 aliphatic carbocycles. The Hall–Kier alpha value is -3.32. The summed E-state index contributed by atoms with van der Waals surface area (Å²) in [6.07, 6.45) is 5.84. The fourth-order valence-corrected chi connectivity index (χ4v) is 4.16. The molecule has 144 valence electrons. The number of aryl methyl sites for hydroxylation is 2. The van der Waals surface area contributed by atoms with Crippen molar-refractivity contribution in [1.29, 1.82) is 0 Å². The van der Waals surface area contributed by atoms with E-state index in [1.807, 2.05) is 37.3 Å². The molecule has 0 radical (unpaired) electrons. The van der Waals surface area contributed by atoms with Crippen molar-refractivity contribution < 1.29 is 4.42 Å². The third-order valence-corrected chi connectivity index (χ3v) is 5.71. The summed E-state index contributed by atoms with van der Waals surface area (Å²) in [6, 6.07) is 16.2. The molecule has 0 saturated carbocycles. The smallest absolute Gasteiger partial charge is 0.196 e. The second-order valence-electron chi connectivity index (χ2n) is 6.86. The fraction of sp³-hybridized carbons (Fsp3) is 0.136. The Morgan fingerprint density at radius 1 is 0.966 bits per heavy atom. The van der Waals surface area contributed by atoms with Crippen LogP contribution in [0.5, 0.6) is 0 Å². The van der Waals surface area contributed by atoms with Gasteiger partial charge in [0.2, 0.25) is 0 Å². The van der Waals surface area contributed by atoms with E-state index in [4.69, 9.17) is 9.40 Å². The number of aromatic nitrogens is 5. The van der Waals surface area contributed by atoms with Crippen LogP contribution >= 0.6 is 11.8 Å². The molecule has 4 heterocycles. The van der Waals surface area contributed by atoms with Crippen LogP contribution in [0.4, 0.5) is 0 Å². The van der Waals surface area contributed by atoms with Crippen molar-refractivity contribution in [2.45, 2.75) is 24.8 Å². The van der Waals surface area contributed by atoms with Gasteiger partial charge in [0.05, 0.1) is 17.5 Å². The van der Waals surface area contributed by atoms with Gasteiger partial charge in [0.1, 0.15) is 11.4 Å². The Kier molecular flexibility index (Phi) is 4.44. The minimum atomic E-state index is 0.704. The van der Waals surface area contributed by atoms with Gasteiger partial charge >= 0.3 is 0 Å². The Balaban J connectivity index is 1.51. The van der Waals surface area contributed by atoms with Crippen molar-refractivity contribution in [2.24, 2.45) is 0 Å². The van der Waals surface area contributed by atoms with E-state index in [0.29, 0.717) is 5.75 Å². The molecular formula is C22H19N5OS. The molecule has 5 rings (SSSR count). The maximum Gasteiger partial charge on any atom is 0.196 e. The molecule has 29 heavy (non-hydrogen) atoms. The highest BCUT2D eigenvalue weighted by molar-refractivity contribution is 7.98. The van der Waals surface area contributed by atoms with Crippen LogP contribution in [0.2, 0.25) is 0 Å². The number of rotatable bonds is 5. The van der Waals surface area contributed by atoms with Gasteiger partial charge in [-0.15, -0.1) is 10.2 Å². The van der Waals surface area contributed by atoms with E-state index in [1.165, 1.54) is 5.56 Å². The molecule has 0 fully saturated rings. The lowest BCUT2D eigenvalue weighted by atomic mass is 10.2. The lowest BCUT2D eigenvalue weighted by Crippen LogP contribution is -1.99. The van der Waals surface area contributed by atoms with E-state index in [2.05, 4.69) is 56.7 Å². The number of para-hydroxylation sites is 1. The second kappa shape index (κ2) is 7.25. The number of furan rings is 1. The molecule has 1 aromatic carbocycles. The van der Waals surface area contributed by atoms with Crippen LogP contribution in [0.1, 0.15) is 17.0 Å². The number of imidazole rings is 1. The predicted molar refractivity (Wildman–Crippen MR) is 113 cm³/mol. The summed E-state index contributed by atoms with van der Waals surface area (Å²) in [5.74, 6) is 2.30. The predicted octanol–water partition coefficient (Wildman–Crippen LogP) is 5.08. The number of benzene rings is 1. The van der Waals surface area contributed by atoms with Crippen molar-refractivity contribution >= 4 is 17.4 Å². The van der Waals surface area contributed by atoms with Crippen molar-refractivity contribution in [3.8, 4) is 17.1 Å². The van der Waals surface area contributed by atoms with Crippen molar-refractivity contribution in [2.75, 3.05) is 0 Å². The number of fused-ring (bicyclic) bond motifs is 1. The molecule has 0 aliphatic heterocycles. The fourth-order valence-electron chi connectivity index (χ4n) is 3.33. The van der Waals surface area contributed by atoms with Crippen LogP contribution in [0.3, 0.4) is 0 Å². The van der Waals surface area contributed by atoms with Gasteiger partial charge in [-0.05, 0) is 43.7 Å². The third-order valence-electron chi connectivity index (χ3n) is 4.75. The number of nitrogens with zero attached hydrogens (tertiary/aromatic N) is 5. The van der Waals surface area contributed by atoms with Crippen LogP contribution < -0.4 is 0 Å². The topological polar surface area (TPSA) is 61.2 Å². The Morgan fingerprint density at radius 2 is 1.83 bits per heavy atom. The molecule has 7 heteroatoms. The van der Waals surface area contributed by atoms with E-state index in [9.17, 15) is 0 Å². The van der Waals surface area contributed by atoms with Gasteiger partial charge in [-0.3, -0.25) is 4.57 Å². The number of hydrogen-bond donors (Lipinski definition) is 0. The van der Waals surface area contributed by atoms with E-state index in [1.54, 1.807) is 18.0 Å². The quantitative estimate of drug-likeness (QED) is 0.384. The number of thioether (sulfide) groups is 1. The average Bonchev–Trinajstić information content (AvgIpc) is 3.44. The molecule has 0 N–H and O–H groups in total. The molecule has 0 saturated heterocycles. The number of pyridine rings is 1. The van der Waals surface area contributed by atoms with Gasteiger partial charge in [0.25, 0.3) is 0 Å². The Bertz CT molecular complexity index is 1290. The first kappa shape index (κ1) is 17.8. The molecule has 4 aromatic heterocycles. The summed E-state index contributed by atoms with van der Waals surface area (Å²) in [6.45, 7) is 4.01. The van der Waals surface area contributed by atoms with Gasteiger partial charge in [-0.2, -0.15) is 0 Å². The zero-order valence-electron chi connectivity index (χ0n) is 16.1. The zero-order chi connectivity index (χ0) is 19.8. The largest absolute Gasteiger partial charge is 0.469 e. The normalized spacial score (nSPS) is 11.4. The Morgan fingerprint density at radius 3 is 2.62 bits per heavy atom. The van der Waals surface area contributed by atoms with Gasteiger partial charge in [0.15, 0.2) is 11.0 Å². The monoisotopic (exact) mass is 401 g/mol. The first-order valence-electron chi connectivity index (χ1n) is 9.31. The van der Waals surface area contributed by atoms with Gasteiger partial charge in [-0.1, -0.05) is 36.0 Å². The molecule has 0 unspecified atom stereocenters. The van der Waals surface area contributed by atoms with Gasteiger partial charge < -0.3 is 8.82 Å². The molecule has 0 atom stereocenters. The van der Waals surface area contributed by atoms with Crippen molar-refractivity contribution in [3.05, 3.63) is 84.2 Å². The lowest BCUT2D eigenvalue weighted by molar-refractivity contribution is 0.535. The van der Waals surface area contributed by atoms with Crippen molar-refractivity contribution in [3.63, 3.8) is 0 Å². The molecule has 0 aliphatic rings. The maximum absolute atomic E-state index is 5.49. The standard InChI is InChI=1S/C22H19N5OS/c1-15-8-9-20-23-17(13-26(20)12-15)14-29-22-25-24-21(19-10-11-28-16(19)2)27(22)18-6-4-3-5-7-18/h3-13H,14H2,1-2H3. The van der Waals surface area contributed by atoms with Crippen molar-refractivity contribution in [1.82, 2.24) is 24.1 Å². The summed E-state index contributed by atoms with van der Waals surface area (Å²) < 4.78 is 9.63. The SMILES string of the molecule is Cc1ccc2nc(CSc3nnc(-c4ccoc4C)n3-c3ccccc3)cn2c1. The second-order valence-corrected chi connectivity index (χ2v) is 7.80. The van der Waals surface area contributed by atoms with E-state index < -0.39 is 0 Å². The summed E-state index contributed by atoms with van der Waals surface area (Å²) in [4.78, 5) is 4.71. The number of hydrogen-bond acceptors (Lipinski definition) is 5. The van der Waals surface area contributed by atoms with E-state index in [-0.39, 0.29) is 0 Å². The summed E-state index contributed by atoms with van der Waals surface area (Å²) >= 11 is 1.62. The highest BCUT2D eigenvalue weighted by Gasteiger charge is 2.19. The molecule has 0 bridgehead atoms. The molecule has 5 aromatic rings. The minimum Gasteiger partial charge on any atom is -0.469 e. The molecule has 0 spiro atoms. The Labute approximate surface area is 172 Å². The van der Waals surface area contributed by atoms with Crippen LogP contribution in [0, 0.1) is 13.8 Å². The zero-order valence-corrected chi connectivity index (χ0v) is 16.9. The molecule has 0 amide bonds. The van der Waals surface area contributed by atoms with Crippen LogP contribution in [0.25, 0.3) is 22.7 Å². The molecular weight excluding hydrogens is 382 g/mol. The summed E-state index contributed by atoms with van der Waals surface area (Å²) in [5.41, 5.74) is 5.12. The molecule has 6 nitrogen and oxygen atoms in total. The minimum absolute atomic E-state index is 0.704. The van der Waals surface area contributed by atoms with Crippen LogP contribution in [-0.4, -0.2) is 24.1 Å². The maximum atomic E-state index is 5.49. The van der Waals surface area contributed by atoms with E-state index >= 15 is 0 Å². The third kappa shape index (κ3) is 3.34. The first-order valence-corrected chi connectivity index (χ1v) is 10.3. The van der Waals surface area contributed by atoms with Crippen LogP contribution in [0.15, 0.2) is 76.8 Å². The summed E-state index contributed by atoms with van der Waals surface area (Å²) in [7, 11) is 0. The summed E-state index contributed by atoms with van der Waals surface area (Å²) in [5, 5.41) is 9.76. The highest BCUT2D eigenvalue weighted by Crippen LogP contribution is 2.31. The van der Waals surface area contributed by atoms with Crippen LogP contribution in [-0.2, 0) is 5.75 Å². The average molecular weight is 401 g/mol. The van der Waals surface area contributed by atoms with E-state index in [0.717, 1.165) is 39.3 Å². The lowest BCUT2D eigenvalue weighted by Gasteiger charge is -2.09.